The van der Waals surface area contributed by atoms with Gasteiger partial charge in [0.1, 0.15) is 5.01 Å². The number of benzene rings is 3. The van der Waals surface area contributed by atoms with Crippen molar-refractivity contribution in [1.29, 1.82) is 0 Å². The van der Waals surface area contributed by atoms with E-state index in [1.54, 1.807) is 23.1 Å². The highest BCUT2D eigenvalue weighted by Gasteiger charge is 2.32. The average molecular weight is 676 g/mol. The van der Waals surface area contributed by atoms with Crippen molar-refractivity contribution in [2.75, 3.05) is 5.75 Å². The first-order chi connectivity index (χ1) is 22.9. The summed E-state index contributed by atoms with van der Waals surface area (Å²) in [6, 6.07) is 24.2. The Bertz CT molecular complexity index is 1600. The number of nitrogens with zero attached hydrogens (tertiary/aromatic N) is 2. The van der Waals surface area contributed by atoms with E-state index in [-0.39, 0.29) is 31.1 Å². The van der Waals surface area contributed by atoms with Crippen LogP contribution in [-0.2, 0) is 32.2 Å². The van der Waals surface area contributed by atoms with Crippen molar-refractivity contribution >= 4 is 35.0 Å². The number of rotatable bonds is 16. The Morgan fingerprint density at radius 2 is 1.64 bits per heavy atom. The molecule has 1 aliphatic rings. The van der Waals surface area contributed by atoms with Crippen molar-refractivity contribution in [3.8, 4) is 11.1 Å². The number of carboxylic acid groups (broad SMARTS) is 1. The summed E-state index contributed by atoms with van der Waals surface area (Å²) in [7, 11) is 0. The predicted octanol–water partition coefficient (Wildman–Crippen LogP) is 7.38. The first-order valence-corrected chi connectivity index (χ1v) is 17.8. The van der Waals surface area contributed by atoms with E-state index in [9.17, 15) is 14.7 Å². The number of hydrogen-bond acceptors (Lipinski definition) is 9. The van der Waals surface area contributed by atoms with Crippen LogP contribution in [0.2, 0.25) is 0 Å². The number of carboxylic acids is 1. The molecule has 1 aliphatic heterocycles. The summed E-state index contributed by atoms with van der Waals surface area (Å²) < 4.78 is 13.9. The van der Waals surface area contributed by atoms with E-state index in [4.69, 9.17) is 14.6 Å². The summed E-state index contributed by atoms with van der Waals surface area (Å²) in [5.41, 5.74) is 5.96. The molecular formula is C36H41N3O6S2. The second-order valence-corrected chi connectivity index (χ2v) is 14.1. The van der Waals surface area contributed by atoms with Crippen LogP contribution in [0, 0.1) is 6.92 Å². The fourth-order valence-corrected chi connectivity index (χ4v) is 7.28. The standard InChI is InChI=1S/C36H41N3O6S2/c1-24-38-39-36(47-24)46-23-31-20-32(28-13-11-25(22-40)12-14-28)45-35(44-31)29-17-15-27(16-18-29)30-8-6-7-26(19-30)21-37-33(41)9-4-2-3-5-10-34(42)43/h6-8,11-19,31-32,35,40H,2-5,9-10,20-23H2,1H3,(H,37,41)(H,42,43)/t31-,32+,35+/m1/s1. The van der Waals surface area contributed by atoms with Crippen LogP contribution in [0.5, 0.6) is 0 Å². The van der Waals surface area contributed by atoms with Gasteiger partial charge in [-0.1, -0.05) is 103 Å². The Hall–Kier alpha value is -3.61. The van der Waals surface area contributed by atoms with Crippen molar-refractivity contribution in [1.82, 2.24) is 15.5 Å². The molecule has 11 heteroatoms. The quantitative estimate of drug-likeness (QED) is 0.0822. The van der Waals surface area contributed by atoms with E-state index in [0.717, 1.165) is 67.7 Å². The minimum atomic E-state index is -0.774. The maximum atomic E-state index is 12.3. The van der Waals surface area contributed by atoms with Crippen LogP contribution in [-0.4, -0.2) is 44.1 Å². The molecule has 5 rings (SSSR count). The monoisotopic (exact) mass is 675 g/mol. The molecule has 3 N–H and O–H groups in total. The summed E-state index contributed by atoms with van der Waals surface area (Å²) >= 11 is 3.23. The molecule has 1 aromatic heterocycles. The smallest absolute Gasteiger partial charge is 0.303 e. The minimum absolute atomic E-state index is 0.000777. The van der Waals surface area contributed by atoms with E-state index >= 15 is 0 Å². The number of aliphatic hydroxyl groups is 1. The Labute approximate surface area is 283 Å². The molecule has 47 heavy (non-hydrogen) atoms. The molecule has 9 nitrogen and oxygen atoms in total. The molecule has 248 valence electrons. The molecule has 0 aliphatic carbocycles. The van der Waals surface area contributed by atoms with Gasteiger partial charge in [-0.15, -0.1) is 10.2 Å². The van der Waals surface area contributed by atoms with Crippen molar-refractivity contribution in [2.24, 2.45) is 0 Å². The lowest BCUT2D eigenvalue weighted by atomic mass is 9.99. The number of aliphatic hydroxyl groups excluding tert-OH is 1. The second kappa shape index (κ2) is 17.5. The van der Waals surface area contributed by atoms with Gasteiger partial charge in [-0.3, -0.25) is 9.59 Å². The third-order valence-electron chi connectivity index (χ3n) is 7.99. The number of hydrogen-bond donors (Lipinski definition) is 3. The molecule has 1 saturated heterocycles. The van der Waals surface area contributed by atoms with Gasteiger partial charge in [0, 0.05) is 37.1 Å². The third kappa shape index (κ3) is 10.7. The summed E-state index contributed by atoms with van der Waals surface area (Å²) in [6.45, 7) is 2.40. The highest BCUT2D eigenvalue weighted by Crippen LogP contribution is 2.40. The van der Waals surface area contributed by atoms with Crippen molar-refractivity contribution in [3.05, 3.63) is 100 Å². The maximum absolute atomic E-state index is 12.3. The van der Waals surface area contributed by atoms with Crippen molar-refractivity contribution < 1.29 is 29.3 Å². The van der Waals surface area contributed by atoms with Crippen LogP contribution in [0.3, 0.4) is 0 Å². The predicted molar refractivity (Wildman–Crippen MR) is 183 cm³/mol. The zero-order valence-electron chi connectivity index (χ0n) is 26.5. The maximum Gasteiger partial charge on any atom is 0.303 e. The molecule has 0 saturated carbocycles. The van der Waals surface area contributed by atoms with Crippen LogP contribution in [0.15, 0.2) is 77.1 Å². The van der Waals surface area contributed by atoms with E-state index in [1.165, 1.54) is 0 Å². The molecular weight excluding hydrogens is 635 g/mol. The molecule has 1 amide bonds. The van der Waals surface area contributed by atoms with E-state index in [1.807, 2.05) is 55.5 Å². The number of nitrogens with one attached hydrogen (secondary N) is 1. The second-order valence-electron chi connectivity index (χ2n) is 11.7. The number of unbranched alkanes of at least 4 members (excludes halogenated alkanes) is 3. The highest BCUT2D eigenvalue weighted by molar-refractivity contribution is 8.01. The Morgan fingerprint density at radius 1 is 0.894 bits per heavy atom. The van der Waals surface area contributed by atoms with E-state index in [0.29, 0.717) is 25.8 Å². The van der Waals surface area contributed by atoms with Crippen LogP contribution < -0.4 is 5.32 Å². The first kappa shape index (κ1) is 34.7. The molecule has 2 heterocycles. The zero-order valence-corrected chi connectivity index (χ0v) is 28.1. The lowest BCUT2D eigenvalue weighted by molar-refractivity contribution is -0.245. The average Bonchev–Trinajstić information content (AvgIpc) is 3.52. The number of carbonyl (C=O) groups is 2. The lowest BCUT2D eigenvalue weighted by Gasteiger charge is -2.36. The number of aromatic nitrogens is 2. The van der Waals surface area contributed by atoms with Crippen LogP contribution in [0.25, 0.3) is 11.1 Å². The van der Waals surface area contributed by atoms with Gasteiger partial charge in [-0.2, -0.15) is 0 Å². The van der Waals surface area contributed by atoms with Gasteiger partial charge in [0.2, 0.25) is 5.91 Å². The van der Waals surface area contributed by atoms with Crippen molar-refractivity contribution in [2.45, 2.75) is 87.9 Å². The van der Waals surface area contributed by atoms with Gasteiger partial charge in [0.15, 0.2) is 10.6 Å². The Morgan fingerprint density at radius 3 is 2.34 bits per heavy atom. The summed E-state index contributed by atoms with van der Waals surface area (Å²) in [4.78, 5) is 22.9. The van der Waals surface area contributed by atoms with E-state index in [2.05, 4.69) is 39.8 Å². The largest absolute Gasteiger partial charge is 0.481 e. The van der Waals surface area contributed by atoms with Gasteiger partial charge in [0.05, 0.1) is 18.8 Å². The van der Waals surface area contributed by atoms with Gasteiger partial charge in [-0.25, -0.2) is 0 Å². The molecule has 3 atom stereocenters. The van der Waals surface area contributed by atoms with Gasteiger partial charge in [0.25, 0.3) is 0 Å². The normalized spacial score (nSPS) is 17.8. The molecule has 0 unspecified atom stereocenters. The number of thioether (sulfide) groups is 1. The summed E-state index contributed by atoms with van der Waals surface area (Å²) in [6.07, 6.45) is 3.64. The number of aryl methyl sites for hydroxylation is 1. The molecule has 3 aromatic carbocycles. The molecule has 4 aromatic rings. The number of ether oxygens (including phenoxy) is 2. The fourth-order valence-electron chi connectivity index (χ4n) is 5.42. The van der Waals surface area contributed by atoms with Crippen LogP contribution in [0.1, 0.15) is 84.6 Å². The Kier molecular flexibility index (Phi) is 12.9. The molecule has 0 spiro atoms. The Balaban J connectivity index is 1.19. The SMILES string of the molecule is Cc1nnc(SC[C@H]2C[C@@H](c3ccc(CO)cc3)O[C@@H](c3ccc(-c4cccc(CNC(=O)CCCCCCC(=O)O)c4)cc3)O2)s1. The van der Waals surface area contributed by atoms with Crippen molar-refractivity contribution in [3.63, 3.8) is 0 Å². The lowest BCUT2D eigenvalue weighted by Crippen LogP contribution is -2.31. The highest BCUT2D eigenvalue weighted by atomic mass is 32.2. The van der Waals surface area contributed by atoms with Gasteiger partial charge < -0.3 is 25.0 Å². The third-order valence-corrected chi connectivity index (χ3v) is 10.1. The minimum Gasteiger partial charge on any atom is -0.481 e. The van der Waals surface area contributed by atoms with E-state index < -0.39 is 12.3 Å². The topological polar surface area (TPSA) is 131 Å². The summed E-state index contributed by atoms with van der Waals surface area (Å²) in [5.74, 6) is -0.0410. The van der Waals surface area contributed by atoms with Crippen LogP contribution in [0.4, 0.5) is 0 Å². The zero-order chi connectivity index (χ0) is 33.0. The van der Waals surface area contributed by atoms with Gasteiger partial charge in [-0.05, 0) is 53.6 Å². The van der Waals surface area contributed by atoms with Gasteiger partial charge >= 0.3 is 5.97 Å². The number of aliphatic carboxylic acids is 1. The molecule has 1 fully saturated rings. The summed E-state index contributed by atoms with van der Waals surface area (Å²) in [5, 5.41) is 30.5. The number of carbonyl (C=O) groups excluding carboxylic acids is 1. The van der Waals surface area contributed by atoms with Crippen LogP contribution >= 0.6 is 23.1 Å². The number of amides is 1. The fraction of sp³-hybridized carbons (Fsp3) is 0.389. The molecule has 0 bridgehead atoms. The first-order valence-electron chi connectivity index (χ1n) is 16.0. The molecule has 0 radical (unpaired) electrons.